The van der Waals surface area contributed by atoms with E-state index in [2.05, 4.69) is 0 Å². The van der Waals surface area contributed by atoms with E-state index in [0.29, 0.717) is 17.1 Å². The van der Waals surface area contributed by atoms with Gasteiger partial charge in [-0.25, -0.2) is 0 Å². The van der Waals surface area contributed by atoms with Gasteiger partial charge >= 0.3 is 0 Å². The normalized spacial score (nSPS) is 13.7. The molecule has 2 aromatic rings. The van der Waals surface area contributed by atoms with Crippen molar-refractivity contribution in [3.05, 3.63) is 60.2 Å². The molecule has 18 heavy (non-hydrogen) atoms. The molecule has 2 aromatic carbocycles. The second-order valence-electron chi connectivity index (χ2n) is 4.10. The molecule has 3 nitrogen and oxygen atoms in total. The molecule has 0 aromatic heterocycles. The molecular weight excluding hydrogens is 228 g/mol. The number of benzene rings is 2. The highest BCUT2D eigenvalue weighted by molar-refractivity contribution is 5.40. The van der Waals surface area contributed by atoms with Crippen LogP contribution >= 0.6 is 0 Å². The lowest BCUT2D eigenvalue weighted by Gasteiger charge is -2.26. The quantitative estimate of drug-likeness (QED) is 0.840. The highest BCUT2D eigenvalue weighted by atomic mass is 16.6. The van der Waals surface area contributed by atoms with Crippen LogP contribution in [0.1, 0.15) is 12.5 Å². The van der Waals surface area contributed by atoms with Gasteiger partial charge in [0, 0.05) is 12.5 Å². The molecule has 0 radical (unpaired) electrons. The molecule has 0 amide bonds. The zero-order valence-corrected chi connectivity index (χ0v) is 10.5. The van der Waals surface area contributed by atoms with Crippen LogP contribution in [-0.2, 0) is 5.79 Å². The topological polar surface area (TPSA) is 38.7 Å². The van der Waals surface area contributed by atoms with Gasteiger partial charge in [-0.2, -0.15) is 0 Å². The van der Waals surface area contributed by atoms with Crippen LogP contribution in [0.15, 0.2) is 54.6 Å². The Hall–Kier alpha value is -2.00. The maximum atomic E-state index is 10.4. The number of ether oxygens (including phenoxy) is 2. The SMILES string of the molecule is COc1ccccc1OC(C)(O)c1ccccc1. The maximum absolute atomic E-state index is 10.4. The fraction of sp³-hybridized carbons (Fsp3) is 0.200. The van der Waals surface area contributed by atoms with E-state index in [1.54, 1.807) is 26.2 Å². The molecule has 0 aliphatic carbocycles. The molecule has 2 rings (SSSR count). The van der Waals surface area contributed by atoms with Gasteiger partial charge in [0.25, 0.3) is 0 Å². The first-order valence-electron chi connectivity index (χ1n) is 5.73. The fourth-order valence-corrected chi connectivity index (χ4v) is 1.72. The Balaban J connectivity index is 2.28. The average Bonchev–Trinajstić information content (AvgIpc) is 2.40. The van der Waals surface area contributed by atoms with Crippen LogP contribution in [0.5, 0.6) is 11.5 Å². The zero-order valence-electron chi connectivity index (χ0n) is 10.5. The van der Waals surface area contributed by atoms with Crippen molar-refractivity contribution in [1.82, 2.24) is 0 Å². The van der Waals surface area contributed by atoms with Crippen molar-refractivity contribution in [1.29, 1.82) is 0 Å². The summed E-state index contributed by atoms with van der Waals surface area (Å²) in [6.07, 6.45) is 0. The van der Waals surface area contributed by atoms with E-state index < -0.39 is 5.79 Å². The summed E-state index contributed by atoms with van der Waals surface area (Å²) >= 11 is 0. The highest BCUT2D eigenvalue weighted by Gasteiger charge is 2.26. The summed E-state index contributed by atoms with van der Waals surface area (Å²) in [5.41, 5.74) is 0.691. The van der Waals surface area contributed by atoms with Gasteiger partial charge in [0.15, 0.2) is 11.5 Å². The van der Waals surface area contributed by atoms with Crippen LogP contribution < -0.4 is 9.47 Å². The van der Waals surface area contributed by atoms with Crippen molar-refractivity contribution in [3.8, 4) is 11.5 Å². The Kier molecular flexibility index (Phi) is 3.53. The third kappa shape index (κ3) is 2.63. The fourth-order valence-electron chi connectivity index (χ4n) is 1.72. The lowest BCUT2D eigenvalue weighted by Crippen LogP contribution is -2.28. The molecule has 0 heterocycles. The number of rotatable bonds is 4. The molecule has 0 aliphatic heterocycles. The van der Waals surface area contributed by atoms with Gasteiger partial charge in [0.2, 0.25) is 5.79 Å². The van der Waals surface area contributed by atoms with Gasteiger partial charge in [-0.05, 0) is 12.1 Å². The van der Waals surface area contributed by atoms with Crippen molar-refractivity contribution in [2.45, 2.75) is 12.7 Å². The Labute approximate surface area is 107 Å². The molecule has 1 atom stereocenters. The van der Waals surface area contributed by atoms with Crippen molar-refractivity contribution in [2.24, 2.45) is 0 Å². The summed E-state index contributed by atoms with van der Waals surface area (Å²) in [6.45, 7) is 1.61. The molecule has 0 bridgehead atoms. The predicted molar refractivity (Wildman–Crippen MR) is 69.6 cm³/mol. The Morgan fingerprint density at radius 3 is 2.06 bits per heavy atom. The molecule has 0 aliphatic rings. The van der Waals surface area contributed by atoms with Gasteiger partial charge in [-0.15, -0.1) is 0 Å². The van der Waals surface area contributed by atoms with Gasteiger partial charge in [0.1, 0.15) is 0 Å². The van der Waals surface area contributed by atoms with E-state index in [1.165, 1.54) is 0 Å². The van der Waals surface area contributed by atoms with Crippen LogP contribution in [0.3, 0.4) is 0 Å². The Morgan fingerprint density at radius 1 is 0.889 bits per heavy atom. The van der Waals surface area contributed by atoms with Gasteiger partial charge in [-0.3, -0.25) is 0 Å². The van der Waals surface area contributed by atoms with E-state index in [9.17, 15) is 5.11 Å². The van der Waals surface area contributed by atoms with Crippen molar-refractivity contribution in [3.63, 3.8) is 0 Å². The zero-order chi connectivity index (χ0) is 13.0. The van der Waals surface area contributed by atoms with Crippen LogP contribution in [-0.4, -0.2) is 12.2 Å². The molecule has 0 saturated carbocycles. The Bertz CT molecular complexity index is 506. The van der Waals surface area contributed by atoms with Gasteiger partial charge in [-0.1, -0.05) is 42.5 Å². The maximum Gasteiger partial charge on any atom is 0.232 e. The second-order valence-corrected chi connectivity index (χ2v) is 4.10. The minimum atomic E-state index is -1.39. The minimum Gasteiger partial charge on any atom is -0.493 e. The summed E-state index contributed by atoms with van der Waals surface area (Å²) in [7, 11) is 1.57. The molecule has 0 spiro atoms. The first-order chi connectivity index (χ1) is 8.63. The summed E-state index contributed by atoms with van der Waals surface area (Å²) in [4.78, 5) is 0. The number of methoxy groups -OCH3 is 1. The van der Waals surface area contributed by atoms with Crippen LogP contribution in [0.25, 0.3) is 0 Å². The molecular formula is C15H16O3. The summed E-state index contributed by atoms with van der Waals surface area (Å²) < 4.78 is 10.8. The average molecular weight is 244 g/mol. The first-order valence-corrected chi connectivity index (χ1v) is 5.73. The van der Waals surface area contributed by atoms with E-state index in [0.717, 1.165) is 0 Å². The molecule has 3 heteroatoms. The summed E-state index contributed by atoms with van der Waals surface area (Å²) in [5, 5.41) is 10.4. The second kappa shape index (κ2) is 5.10. The first kappa shape index (κ1) is 12.5. The molecule has 1 N–H and O–H groups in total. The Morgan fingerprint density at radius 2 is 1.44 bits per heavy atom. The number of hydrogen-bond donors (Lipinski definition) is 1. The number of para-hydroxylation sites is 2. The van der Waals surface area contributed by atoms with Crippen molar-refractivity contribution in [2.75, 3.05) is 7.11 Å². The number of aliphatic hydroxyl groups is 1. The molecule has 1 unspecified atom stereocenters. The van der Waals surface area contributed by atoms with Gasteiger partial charge < -0.3 is 14.6 Å². The molecule has 0 fully saturated rings. The summed E-state index contributed by atoms with van der Waals surface area (Å²) in [6, 6.07) is 16.5. The summed E-state index contributed by atoms with van der Waals surface area (Å²) in [5.74, 6) is -0.293. The monoisotopic (exact) mass is 244 g/mol. The largest absolute Gasteiger partial charge is 0.493 e. The standard InChI is InChI=1S/C15H16O3/c1-15(16,12-8-4-3-5-9-12)18-14-11-7-6-10-13(14)17-2/h3-11,16H,1-2H3. The van der Waals surface area contributed by atoms with Crippen LogP contribution in [0.2, 0.25) is 0 Å². The molecule has 0 saturated heterocycles. The minimum absolute atomic E-state index is 0.508. The third-order valence-electron chi connectivity index (χ3n) is 2.69. The van der Waals surface area contributed by atoms with Gasteiger partial charge in [0.05, 0.1) is 7.11 Å². The van der Waals surface area contributed by atoms with Crippen LogP contribution in [0, 0.1) is 0 Å². The van der Waals surface area contributed by atoms with E-state index in [4.69, 9.17) is 9.47 Å². The predicted octanol–water partition coefficient (Wildman–Crippen LogP) is 2.94. The van der Waals surface area contributed by atoms with E-state index in [1.807, 2.05) is 42.5 Å². The number of hydrogen-bond acceptors (Lipinski definition) is 3. The van der Waals surface area contributed by atoms with Crippen LogP contribution in [0.4, 0.5) is 0 Å². The smallest absolute Gasteiger partial charge is 0.232 e. The third-order valence-corrected chi connectivity index (χ3v) is 2.69. The highest BCUT2D eigenvalue weighted by Crippen LogP contribution is 2.32. The van der Waals surface area contributed by atoms with E-state index in [-0.39, 0.29) is 0 Å². The van der Waals surface area contributed by atoms with E-state index >= 15 is 0 Å². The lowest BCUT2D eigenvalue weighted by molar-refractivity contribution is -0.130. The van der Waals surface area contributed by atoms with Crippen molar-refractivity contribution < 1.29 is 14.6 Å². The molecule has 94 valence electrons. The lowest BCUT2D eigenvalue weighted by atomic mass is 10.1. The van der Waals surface area contributed by atoms with Crippen molar-refractivity contribution >= 4 is 0 Å².